The van der Waals surface area contributed by atoms with Crippen molar-refractivity contribution in [3.63, 3.8) is 0 Å². The number of amides is 2. The van der Waals surface area contributed by atoms with E-state index in [1.807, 2.05) is 0 Å². The molecule has 6 N–H and O–H groups in total. The number of hydrogen-bond acceptors (Lipinski definition) is 11. The number of methoxy groups -OCH3 is 2. The van der Waals surface area contributed by atoms with E-state index in [0.717, 1.165) is 5.56 Å². The number of alkyl carbamates (subject to hydrolysis) is 2. The quantitative estimate of drug-likeness (QED) is 0.138. The number of esters is 2. The SMILES string of the molecule is [C-]#[N+]c1ccc([C@@H](O)[C@H](N)C(=O)OC)cc1.[C-]#[N+]c1ccc([C@H]2OC(=O)N[C@@H]2C(=O)OC)cc1.[C-]#[N+]c1ccc([C@H]2OC(=O)N[C@@H]2CO)cc1. The Bertz CT molecular complexity index is 1780. The Hall–Kier alpha value is -6.51. The van der Waals surface area contributed by atoms with Crippen LogP contribution in [-0.2, 0) is 28.5 Å². The van der Waals surface area contributed by atoms with E-state index >= 15 is 0 Å². The number of hydrogen-bond donors (Lipinski definition) is 5. The van der Waals surface area contributed by atoms with Crippen LogP contribution >= 0.6 is 0 Å². The van der Waals surface area contributed by atoms with E-state index in [-0.39, 0.29) is 6.61 Å². The number of benzene rings is 3. The first kappa shape index (κ1) is 37.9. The lowest BCUT2D eigenvalue weighted by Gasteiger charge is -2.16. The van der Waals surface area contributed by atoms with Gasteiger partial charge < -0.3 is 45.5 Å². The highest BCUT2D eigenvalue weighted by Gasteiger charge is 2.41. The van der Waals surface area contributed by atoms with Crippen molar-refractivity contribution in [2.45, 2.75) is 36.4 Å². The molecule has 0 bridgehead atoms. The second-order valence-corrected chi connectivity index (χ2v) is 10.3. The predicted octanol–water partition coefficient (Wildman–Crippen LogP) is 3.71. The third-order valence-electron chi connectivity index (χ3n) is 7.24. The Labute approximate surface area is 286 Å². The molecule has 2 aliphatic heterocycles. The van der Waals surface area contributed by atoms with E-state index in [9.17, 15) is 24.3 Å². The number of nitrogens with zero attached hydrogens (tertiary/aromatic N) is 3. The number of ether oxygens (including phenoxy) is 4. The van der Waals surface area contributed by atoms with Crippen molar-refractivity contribution in [1.82, 2.24) is 10.6 Å². The number of cyclic esters (lactones) is 2. The maximum absolute atomic E-state index is 11.5. The lowest BCUT2D eigenvalue weighted by molar-refractivity contribution is -0.145. The summed E-state index contributed by atoms with van der Waals surface area (Å²) < 4.78 is 19.1. The molecule has 3 aromatic rings. The van der Waals surface area contributed by atoms with E-state index in [2.05, 4.69) is 34.6 Å². The van der Waals surface area contributed by atoms with Crippen molar-refractivity contribution in [3.05, 3.63) is 124 Å². The zero-order chi connectivity index (χ0) is 36.8. The fourth-order valence-corrected chi connectivity index (χ4v) is 4.59. The average molecular weight is 685 g/mol. The summed E-state index contributed by atoms with van der Waals surface area (Å²) in [5, 5.41) is 23.7. The highest BCUT2D eigenvalue weighted by atomic mass is 16.6. The molecule has 16 nitrogen and oxygen atoms in total. The van der Waals surface area contributed by atoms with Gasteiger partial charge in [0, 0.05) is 0 Å². The fourth-order valence-electron chi connectivity index (χ4n) is 4.59. The molecule has 2 aliphatic rings. The molecule has 0 saturated carbocycles. The van der Waals surface area contributed by atoms with Gasteiger partial charge in [0.2, 0.25) is 0 Å². The number of aliphatic hydroxyl groups is 2. The molecular formula is C34H32N6O10. The molecule has 0 aliphatic carbocycles. The molecule has 0 radical (unpaired) electrons. The standard InChI is InChI=1S/C12H10N2O4.C11H10N2O3.C11H12N2O3/c1-13-8-5-3-7(4-6-8)10-9(11(15)17-2)14-12(16)18-10;1-12-8-4-2-7(3-5-8)10-9(6-14)13-11(15)16-10;1-13-8-5-3-7(4-6-8)10(14)9(12)11(15)16-2/h3-6,9-10H,2H3,(H,14,16);2-5,9-10,14H,6H2,(H,13,15);3-6,9-10,14H,12H2,2H3/t9-,10+;9-,10-;9-,10+/m010/s1. The minimum Gasteiger partial charge on any atom is -0.468 e. The van der Waals surface area contributed by atoms with Gasteiger partial charge in [-0.25, -0.2) is 28.9 Å². The minimum atomic E-state index is -1.13. The number of aliphatic hydroxyl groups excluding tert-OH is 2. The van der Waals surface area contributed by atoms with Gasteiger partial charge >= 0.3 is 24.1 Å². The van der Waals surface area contributed by atoms with Crippen LogP contribution < -0.4 is 16.4 Å². The van der Waals surface area contributed by atoms with Crippen LogP contribution in [0.15, 0.2) is 72.8 Å². The van der Waals surface area contributed by atoms with Crippen LogP contribution in [-0.4, -0.2) is 73.3 Å². The molecular weight excluding hydrogens is 652 g/mol. The van der Waals surface area contributed by atoms with Crippen LogP contribution in [0.3, 0.4) is 0 Å². The van der Waals surface area contributed by atoms with Crippen LogP contribution in [0.4, 0.5) is 26.7 Å². The molecule has 2 saturated heterocycles. The monoisotopic (exact) mass is 684 g/mol. The van der Waals surface area contributed by atoms with E-state index in [0.29, 0.717) is 28.2 Å². The maximum Gasteiger partial charge on any atom is 0.408 e. The Kier molecular flexibility index (Phi) is 13.8. The second-order valence-electron chi connectivity index (χ2n) is 10.3. The maximum atomic E-state index is 11.5. The van der Waals surface area contributed by atoms with Crippen LogP contribution in [0, 0.1) is 19.7 Å². The van der Waals surface area contributed by atoms with Gasteiger partial charge in [0.25, 0.3) is 0 Å². The zero-order valence-electron chi connectivity index (χ0n) is 26.7. The van der Waals surface area contributed by atoms with Crippen LogP contribution in [0.2, 0.25) is 0 Å². The summed E-state index contributed by atoms with van der Waals surface area (Å²) in [6.45, 7) is 20.3. The molecule has 2 amide bonds. The van der Waals surface area contributed by atoms with Crippen molar-refractivity contribution < 1.29 is 48.3 Å². The molecule has 2 heterocycles. The third kappa shape index (κ3) is 9.76. The van der Waals surface area contributed by atoms with Crippen molar-refractivity contribution in [2.24, 2.45) is 5.73 Å². The normalized spacial score (nSPS) is 19.6. The van der Waals surface area contributed by atoms with Gasteiger partial charge in [-0.15, -0.1) is 0 Å². The van der Waals surface area contributed by atoms with E-state index in [1.54, 1.807) is 72.8 Å². The molecule has 2 fully saturated rings. The lowest BCUT2D eigenvalue weighted by atomic mass is 10.0. The van der Waals surface area contributed by atoms with Crippen LogP contribution in [0.25, 0.3) is 14.5 Å². The molecule has 6 atom stereocenters. The van der Waals surface area contributed by atoms with E-state index < -0.39 is 60.6 Å². The Morgan fingerprint density at radius 3 is 1.66 bits per heavy atom. The molecule has 50 heavy (non-hydrogen) atoms. The predicted molar refractivity (Wildman–Crippen MR) is 174 cm³/mol. The summed E-state index contributed by atoms with van der Waals surface area (Å²) in [6.07, 6.45) is -3.54. The number of rotatable bonds is 7. The van der Waals surface area contributed by atoms with Gasteiger partial charge in [-0.3, -0.25) is 4.79 Å². The van der Waals surface area contributed by atoms with Crippen molar-refractivity contribution in [1.29, 1.82) is 0 Å². The summed E-state index contributed by atoms with van der Waals surface area (Å²) in [5.74, 6) is -1.25. The van der Waals surface area contributed by atoms with E-state index in [1.165, 1.54) is 14.2 Å². The van der Waals surface area contributed by atoms with Crippen LogP contribution in [0.1, 0.15) is 35.0 Å². The number of nitrogens with one attached hydrogen (secondary N) is 2. The second kappa shape index (κ2) is 18.1. The first-order valence-electron chi connectivity index (χ1n) is 14.6. The highest BCUT2D eigenvalue weighted by Crippen LogP contribution is 2.29. The lowest BCUT2D eigenvalue weighted by Crippen LogP contribution is -2.37. The average Bonchev–Trinajstić information content (AvgIpc) is 3.75. The topological polar surface area (TPSA) is 209 Å². The molecule has 16 heteroatoms. The van der Waals surface area contributed by atoms with Crippen LogP contribution in [0.5, 0.6) is 0 Å². The molecule has 5 rings (SSSR count). The molecule has 0 aromatic heterocycles. The first-order valence-corrected chi connectivity index (χ1v) is 14.6. The summed E-state index contributed by atoms with van der Waals surface area (Å²) >= 11 is 0. The molecule has 258 valence electrons. The number of carbonyl (C=O) groups is 4. The molecule has 0 unspecified atom stereocenters. The minimum absolute atomic E-state index is 0.180. The van der Waals surface area contributed by atoms with Crippen molar-refractivity contribution >= 4 is 41.2 Å². The van der Waals surface area contributed by atoms with Gasteiger partial charge in [0.15, 0.2) is 35.3 Å². The van der Waals surface area contributed by atoms with Gasteiger partial charge in [-0.05, 0) is 16.7 Å². The Morgan fingerprint density at radius 1 is 0.780 bits per heavy atom. The summed E-state index contributed by atoms with van der Waals surface area (Å²) in [6, 6.07) is 17.1. The zero-order valence-corrected chi connectivity index (χ0v) is 26.7. The largest absolute Gasteiger partial charge is 0.468 e. The molecule has 0 spiro atoms. The number of nitrogens with two attached hydrogens (primary N) is 1. The van der Waals surface area contributed by atoms with Gasteiger partial charge in [-0.1, -0.05) is 72.8 Å². The van der Waals surface area contributed by atoms with Crippen molar-refractivity contribution in [2.75, 3.05) is 20.8 Å². The number of carbonyl (C=O) groups excluding carboxylic acids is 4. The molecule has 3 aromatic carbocycles. The van der Waals surface area contributed by atoms with Gasteiger partial charge in [0.05, 0.1) is 46.6 Å². The smallest absolute Gasteiger partial charge is 0.408 e. The summed E-state index contributed by atoms with van der Waals surface area (Å²) in [7, 11) is 2.45. The van der Waals surface area contributed by atoms with E-state index in [4.69, 9.17) is 40.0 Å². The van der Waals surface area contributed by atoms with Crippen molar-refractivity contribution in [3.8, 4) is 0 Å². The van der Waals surface area contributed by atoms with Gasteiger partial charge in [0.1, 0.15) is 12.1 Å². The Morgan fingerprint density at radius 2 is 1.22 bits per heavy atom. The first-order chi connectivity index (χ1) is 24.0. The fraction of sp³-hybridized carbons (Fsp3) is 0.265. The Balaban J connectivity index is 0.000000203. The highest BCUT2D eigenvalue weighted by molar-refractivity contribution is 5.85. The summed E-state index contributed by atoms with van der Waals surface area (Å²) in [4.78, 5) is 54.6. The van der Waals surface area contributed by atoms with Gasteiger partial charge in [-0.2, -0.15) is 0 Å². The summed E-state index contributed by atoms with van der Waals surface area (Å²) in [5.41, 5.74) is 8.84. The third-order valence-corrected chi connectivity index (χ3v) is 7.24.